The van der Waals surface area contributed by atoms with E-state index in [-0.39, 0.29) is 11.8 Å². The number of hydrogen-bond acceptors (Lipinski definition) is 3. The normalized spacial score (nSPS) is 10.2. The summed E-state index contributed by atoms with van der Waals surface area (Å²) in [5.74, 6) is -0.0331. The van der Waals surface area contributed by atoms with Crippen LogP contribution in [-0.4, -0.2) is 28.1 Å². The summed E-state index contributed by atoms with van der Waals surface area (Å²) in [7, 11) is 1.85. The number of aromatic nitrogens is 2. The molecule has 1 aromatic heterocycles. The molecule has 0 unspecified atom stereocenters. The zero-order valence-electron chi connectivity index (χ0n) is 12.1. The Bertz CT molecular complexity index is 649. The van der Waals surface area contributed by atoms with Gasteiger partial charge in [0.25, 0.3) is 0 Å². The second-order valence-corrected chi connectivity index (χ2v) is 4.75. The fourth-order valence-corrected chi connectivity index (χ4v) is 1.89. The zero-order chi connectivity index (χ0) is 15.2. The molecule has 21 heavy (non-hydrogen) atoms. The van der Waals surface area contributed by atoms with Crippen molar-refractivity contribution in [2.75, 3.05) is 11.9 Å². The second kappa shape index (κ2) is 6.69. The topological polar surface area (TPSA) is 76.0 Å². The maximum absolute atomic E-state index is 11.8. The van der Waals surface area contributed by atoms with Gasteiger partial charge in [-0.15, -0.1) is 0 Å². The largest absolute Gasteiger partial charge is 0.337 e. The van der Waals surface area contributed by atoms with Crippen LogP contribution in [0.2, 0.25) is 0 Å². The van der Waals surface area contributed by atoms with Crippen molar-refractivity contribution >= 4 is 17.5 Å². The smallest absolute Gasteiger partial charge is 0.319 e. The molecule has 2 N–H and O–H groups in total. The maximum Gasteiger partial charge on any atom is 0.319 e. The van der Waals surface area contributed by atoms with Gasteiger partial charge in [0.05, 0.1) is 5.69 Å². The molecular formula is C15H18N4O2. The highest BCUT2D eigenvalue weighted by atomic mass is 16.2. The minimum atomic E-state index is -0.299. The maximum atomic E-state index is 11.8. The summed E-state index contributed by atoms with van der Waals surface area (Å²) in [6.45, 7) is 1.99. The molecule has 6 heteroatoms. The van der Waals surface area contributed by atoms with Crippen LogP contribution in [0.1, 0.15) is 23.0 Å². The van der Waals surface area contributed by atoms with Crippen LogP contribution < -0.4 is 10.6 Å². The predicted octanol–water partition coefficient (Wildman–Crippen LogP) is 1.99. The molecule has 0 bridgehead atoms. The number of carbonyl (C=O) groups excluding carboxylic acids is 2. The van der Waals surface area contributed by atoms with Gasteiger partial charge in [0, 0.05) is 37.5 Å². The Morgan fingerprint density at radius 3 is 2.76 bits per heavy atom. The van der Waals surface area contributed by atoms with E-state index in [0.29, 0.717) is 24.2 Å². The quantitative estimate of drug-likeness (QED) is 0.825. The van der Waals surface area contributed by atoms with E-state index in [4.69, 9.17) is 0 Å². The van der Waals surface area contributed by atoms with Gasteiger partial charge in [0.2, 0.25) is 0 Å². The first-order valence-corrected chi connectivity index (χ1v) is 6.69. The third-order valence-corrected chi connectivity index (χ3v) is 2.96. The molecule has 2 amide bonds. The lowest BCUT2D eigenvalue weighted by molar-refractivity contribution is 0.101. The number of benzene rings is 1. The summed E-state index contributed by atoms with van der Waals surface area (Å²) in [4.78, 5) is 23.0. The molecular weight excluding hydrogens is 268 g/mol. The number of ketones is 1. The highest BCUT2D eigenvalue weighted by Crippen LogP contribution is 2.10. The number of aryl methyl sites for hydroxylation is 1. The predicted molar refractivity (Wildman–Crippen MR) is 80.4 cm³/mol. The molecule has 0 fully saturated rings. The van der Waals surface area contributed by atoms with Crippen LogP contribution in [0, 0.1) is 0 Å². The van der Waals surface area contributed by atoms with Gasteiger partial charge < -0.3 is 10.6 Å². The molecule has 0 spiro atoms. The van der Waals surface area contributed by atoms with Crippen LogP contribution in [0.4, 0.5) is 10.5 Å². The first kappa shape index (κ1) is 14.8. The van der Waals surface area contributed by atoms with Gasteiger partial charge in [-0.05, 0) is 25.1 Å². The number of hydrogen-bond donors (Lipinski definition) is 2. The Morgan fingerprint density at radius 1 is 1.29 bits per heavy atom. The molecule has 0 aliphatic rings. The van der Waals surface area contributed by atoms with E-state index in [1.807, 2.05) is 19.3 Å². The first-order valence-electron chi connectivity index (χ1n) is 6.69. The van der Waals surface area contributed by atoms with Crippen molar-refractivity contribution < 1.29 is 9.59 Å². The number of carbonyl (C=O) groups is 2. The third kappa shape index (κ3) is 4.45. The van der Waals surface area contributed by atoms with Crippen LogP contribution in [-0.2, 0) is 13.5 Å². The number of amides is 2. The van der Waals surface area contributed by atoms with Crippen molar-refractivity contribution in [2.45, 2.75) is 13.3 Å². The van der Waals surface area contributed by atoms with Crippen molar-refractivity contribution in [3.8, 4) is 0 Å². The number of rotatable bonds is 5. The van der Waals surface area contributed by atoms with Crippen molar-refractivity contribution in [1.29, 1.82) is 0 Å². The lowest BCUT2D eigenvalue weighted by atomic mass is 10.1. The molecule has 2 aromatic rings. The van der Waals surface area contributed by atoms with Crippen LogP contribution in [0.25, 0.3) is 0 Å². The van der Waals surface area contributed by atoms with Crippen molar-refractivity contribution in [3.63, 3.8) is 0 Å². The van der Waals surface area contributed by atoms with Gasteiger partial charge in [-0.1, -0.05) is 12.1 Å². The van der Waals surface area contributed by atoms with Crippen molar-refractivity contribution in [1.82, 2.24) is 15.1 Å². The van der Waals surface area contributed by atoms with Crippen molar-refractivity contribution in [3.05, 3.63) is 47.8 Å². The van der Waals surface area contributed by atoms with E-state index >= 15 is 0 Å². The Kier molecular flexibility index (Phi) is 4.71. The number of nitrogens with one attached hydrogen (secondary N) is 2. The van der Waals surface area contributed by atoms with Gasteiger partial charge in [-0.3, -0.25) is 9.48 Å². The van der Waals surface area contributed by atoms with E-state index in [1.54, 1.807) is 28.9 Å². The monoisotopic (exact) mass is 286 g/mol. The first-order chi connectivity index (χ1) is 10.0. The summed E-state index contributed by atoms with van der Waals surface area (Å²) in [6.07, 6.45) is 2.53. The minimum Gasteiger partial charge on any atom is -0.337 e. The number of Topliss-reactive ketones (excluding diaryl/α,β-unsaturated/α-hetero) is 1. The lowest BCUT2D eigenvalue weighted by Gasteiger charge is -2.07. The average molecular weight is 286 g/mol. The van der Waals surface area contributed by atoms with Gasteiger partial charge >= 0.3 is 6.03 Å². The molecule has 0 atom stereocenters. The molecule has 0 saturated carbocycles. The van der Waals surface area contributed by atoms with E-state index < -0.39 is 0 Å². The van der Waals surface area contributed by atoms with E-state index in [9.17, 15) is 9.59 Å². The number of urea groups is 1. The van der Waals surface area contributed by atoms with Gasteiger partial charge in [-0.25, -0.2) is 4.79 Å². The van der Waals surface area contributed by atoms with Gasteiger partial charge in [0.15, 0.2) is 5.78 Å². The number of nitrogens with zero attached hydrogens (tertiary/aromatic N) is 2. The van der Waals surface area contributed by atoms with Crippen LogP contribution >= 0.6 is 0 Å². The molecule has 0 saturated heterocycles. The van der Waals surface area contributed by atoms with E-state index in [2.05, 4.69) is 15.7 Å². The van der Waals surface area contributed by atoms with Gasteiger partial charge in [0.1, 0.15) is 0 Å². The minimum absolute atomic E-state index is 0.0331. The Morgan fingerprint density at radius 2 is 2.10 bits per heavy atom. The molecule has 0 aliphatic carbocycles. The summed E-state index contributed by atoms with van der Waals surface area (Å²) in [5, 5.41) is 9.68. The summed E-state index contributed by atoms with van der Waals surface area (Å²) >= 11 is 0. The standard InChI is InChI=1S/C15H18N4O2/c1-11(20)12-4-3-5-14(10-12)17-15(21)16-8-6-13-7-9-19(2)18-13/h3-5,7,9-10H,6,8H2,1-2H3,(H2,16,17,21). The van der Waals surface area contributed by atoms with E-state index in [1.165, 1.54) is 6.92 Å². The van der Waals surface area contributed by atoms with E-state index in [0.717, 1.165) is 5.69 Å². The summed E-state index contributed by atoms with van der Waals surface area (Å²) in [5.41, 5.74) is 2.09. The Balaban J connectivity index is 1.81. The molecule has 6 nitrogen and oxygen atoms in total. The number of anilines is 1. The molecule has 1 aromatic carbocycles. The van der Waals surface area contributed by atoms with Crippen LogP contribution in [0.3, 0.4) is 0 Å². The zero-order valence-corrected chi connectivity index (χ0v) is 12.1. The molecule has 1 heterocycles. The lowest BCUT2D eigenvalue weighted by Crippen LogP contribution is -2.30. The molecule has 0 aliphatic heterocycles. The van der Waals surface area contributed by atoms with Gasteiger partial charge in [-0.2, -0.15) is 5.10 Å². The fourth-order valence-electron chi connectivity index (χ4n) is 1.89. The Labute approximate surface area is 123 Å². The van der Waals surface area contributed by atoms with Crippen molar-refractivity contribution in [2.24, 2.45) is 7.05 Å². The third-order valence-electron chi connectivity index (χ3n) is 2.96. The van der Waals surface area contributed by atoms with Crippen LogP contribution in [0.5, 0.6) is 0 Å². The summed E-state index contributed by atoms with van der Waals surface area (Å²) in [6, 6.07) is 8.46. The summed E-state index contributed by atoms with van der Waals surface area (Å²) < 4.78 is 1.72. The molecule has 2 rings (SSSR count). The second-order valence-electron chi connectivity index (χ2n) is 4.75. The SMILES string of the molecule is CC(=O)c1cccc(NC(=O)NCCc2ccn(C)n2)c1. The molecule has 0 radical (unpaired) electrons. The highest BCUT2D eigenvalue weighted by Gasteiger charge is 2.04. The Hall–Kier alpha value is -2.63. The van der Waals surface area contributed by atoms with Crippen LogP contribution in [0.15, 0.2) is 36.5 Å². The highest BCUT2D eigenvalue weighted by molar-refractivity contribution is 5.96. The average Bonchev–Trinajstić information content (AvgIpc) is 2.84. The fraction of sp³-hybridized carbons (Fsp3) is 0.267. The molecule has 110 valence electrons.